The Labute approximate surface area is 116 Å². The third-order valence-corrected chi connectivity index (χ3v) is 4.28. The first-order valence-corrected chi connectivity index (χ1v) is 7.95. The molecule has 0 saturated carbocycles. The molecule has 1 aromatic rings. The van der Waals surface area contributed by atoms with E-state index in [4.69, 9.17) is 0 Å². The number of sulfonamides is 1. The SMILES string of the molecule is C=CCCC(C)Nc1ccc(S(=O)(=O)NCC)cc1. The van der Waals surface area contributed by atoms with Gasteiger partial charge < -0.3 is 5.32 Å². The van der Waals surface area contributed by atoms with E-state index in [9.17, 15) is 8.42 Å². The summed E-state index contributed by atoms with van der Waals surface area (Å²) >= 11 is 0. The molecule has 1 atom stereocenters. The van der Waals surface area contributed by atoms with Gasteiger partial charge in [0.25, 0.3) is 0 Å². The summed E-state index contributed by atoms with van der Waals surface area (Å²) in [7, 11) is -3.36. The van der Waals surface area contributed by atoms with Gasteiger partial charge in [0, 0.05) is 18.3 Å². The van der Waals surface area contributed by atoms with Crippen LogP contribution in [-0.4, -0.2) is 21.0 Å². The summed E-state index contributed by atoms with van der Waals surface area (Å²) in [6.07, 6.45) is 3.85. The van der Waals surface area contributed by atoms with Crippen LogP contribution >= 0.6 is 0 Å². The van der Waals surface area contributed by atoms with Gasteiger partial charge in [0.2, 0.25) is 10.0 Å². The normalized spacial score (nSPS) is 12.9. The van der Waals surface area contributed by atoms with Crippen molar-refractivity contribution in [1.29, 1.82) is 0 Å². The molecule has 0 aromatic heterocycles. The molecule has 0 heterocycles. The lowest BCUT2D eigenvalue weighted by molar-refractivity contribution is 0.584. The maximum Gasteiger partial charge on any atom is 0.240 e. The minimum Gasteiger partial charge on any atom is -0.383 e. The molecule has 1 aromatic carbocycles. The van der Waals surface area contributed by atoms with E-state index in [0.717, 1.165) is 18.5 Å². The average molecular weight is 282 g/mol. The monoisotopic (exact) mass is 282 g/mol. The lowest BCUT2D eigenvalue weighted by Crippen LogP contribution is -2.23. The van der Waals surface area contributed by atoms with Crippen LogP contribution in [0.3, 0.4) is 0 Å². The molecule has 0 aliphatic rings. The van der Waals surface area contributed by atoms with Crippen molar-refractivity contribution in [3.05, 3.63) is 36.9 Å². The zero-order valence-corrected chi connectivity index (χ0v) is 12.3. The van der Waals surface area contributed by atoms with E-state index < -0.39 is 10.0 Å². The highest BCUT2D eigenvalue weighted by atomic mass is 32.2. The Kier molecular flexibility index (Phi) is 6.05. The molecule has 106 valence electrons. The summed E-state index contributed by atoms with van der Waals surface area (Å²) in [5.74, 6) is 0. The van der Waals surface area contributed by atoms with Gasteiger partial charge in [-0.25, -0.2) is 13.1 Å². The number of benzene rings is 1. The molecule has 4 nitrogen and oxygen atoms in total. The second kappa shape index (κ2) is 7.31. The lowest BCUT2D eigenvalue weighted by atomic mass is 10.1. The highest BCUT2D eigenvalue weighted by molar-refractivity contribution is 7.89. The number of rotatable bonds is 8. The fourth-order valence-electron chi connectivity index (χ4n) is 1.73. The van der Waals surface area contributed by atoms with Crippen molar-refractivity contribution < 1.29 is 8.42 Å². The molecule has 0 aliphatic carbocycles. The number of hydrogen-bond donors (Lipinski definition) is 2. The van der Waals surface area contributed by atoms with Gasteiger partial charge in [-0.3, -0.25) is 0 Å². The first kappa shape index (κ1) is 15.7. The third-order valence-electron chi connectivity index (χ3n) is 2.72. The van der Waals surface area contributed by atoms with Gasteiger partial charge in [0.05, 0.1) is 4.90 Å². The minimum atomic E-state index is -3.36. The van der Waals surface area contributed by atoms with Gasteiger partial charge in [-0.2, -0.15) is 0 Å². The summed E-state index contributed by atoms with van der Waals surface area (Å²) in [6, 6.07) is 7.12. The van der Waals surface area contributed by atoms with Crippen LogP contribution in [0.5, 0.6) is 0 Å². The van der Waals surface area contributed by atoms with Crippen LogP contribution in [0.25, 0.3) is 0 Å². The highest BCUT2D eigenvalue weighted by Crippen LogP contribution is 2.15. The van der Waals surface area contributed by atoms with Crippen molar-refractivity contribution >= 4 is 15.7 Å². The zero-order chi connectivity index (χ0) is 14.3. The van der Waals surface area contributed by atoms with Crippen molar-refractivity contribution in [2.45, 2.75) is 37.6 Å². The number of anilines is 1. The van der Waals surface area contributed by atoms with E-state index in [0.29, 0.717) is 17.5 Å². The smallest absolute Gasteiger partial charge is 0.240 e. The van der Waals surface area contributed by atoms with Crippen molar-refractivity contribution in [1.82, 2.24) is 4.72 Å². The molecule has 0 aliphatic heterocycles. The molecule has 19 heavy (non-hydrogen) atoms. The van der Waals surface area contributed by atoms with E-state index in [1.807, 2.05) is 6.08 Å². The summed E-state index contributed by atoms with van der Waals surface area (Å²) in [5, 5.41) is 3.32. The van der Waals surface area contributed by atoms with E-state index >= 15 is 0 Å². The second-order valence-corrected chi connectivity index (χ2v) is 6.20. The van der Waals surface area contributed by atoms with Crippen molar-refractivity contribution in [2.24, 2.45) is 0 Å². The zero-order valence-electron chi connectivity index (χ0n) is 11.5. The maximum atomic E-state index is 11.8. The minimum absolute atomic E-state index is 0.290. The molecule has 1 rings (SSSR count). The molecule has 0 radical (unpaired) electrons. The van der Waals surface area contributed by atoms with Crippen molar-refractivity contribution in [3.63, 3.8) is 0 Å². The summed E-state index contributed by atoms with van der Waals surface area (Å²) in [5.41, 5.74) is 0.923. The molecule has 2 N–H and O–H groups in total. The van der Waals surface area contributed by atoms with Crippen LogP contribution in [0.4, 0.5) is 5.69 Å². The maximum absolute atomic E-state index is 11.8. The van der Waals surface area contributed by atoms with E-state index in [1.165, 1.54) is 0 Å². The lowest BCUT2D eigenvalue weighted by Gasteiger charge is -2.14. The number of allylic oxidation sites excluding steroid dienone is 1. The Morgan fingerprint density at radius 1 is 1.32 bits per heavy atom. The molecule has 0 saturated heterocycles. The van der Waals surface area contributed by atoms with Crippen LogP contribution in [0.1, 0.15) is 26.7 Å². The Balaban J connectivity index is 2.69. The molecule has 1 unspecified atom stereocenters. The third kappa shape index (κ3) is 5.04. The van der Waals surface area contributed by atoms with Crippen LogP contribution in [0.2, 0.25) is 0 Å². The summed E-state index contributed by atoms with van der Waals surface area (Å²) < 4.78 is 26.0. The number of nitrogens with one attached hydrogen (secondary N) is 2. The molecule has 5 heteroatoms. The molecule has 0 fully saturated rings. The van der Waals surface area contributed by atoms with Gasteiger partial charge in [0.1, 0.15) is 0 Å². The Bertz CT molecular complexity index is 495. The molecular weight excluding hydrogens is 260 g/mol. The Morgan fingerprint density at radius 3 is 2.47 bits per heavy atom. The molecule has 0 spiro atoms. The van der Waals surface area contributed by atoms with Crippen LogP contribution < -0.4 is 10.0 Å². The number of hydrogen-bond acceptors (Lipinski definition) is 3. The second-order valence-electron chi connectivity index (χ2n) is 4.44. The highest BCUT2D eigenvalue weighted by Gasteiger charge is 2.12. The van der Waals surface area contributed by atoms with Crippen molar-refractivity contribution in [3.8, 4) is 0 Å². The molecule has 0 amide bonds. The van der Waals surface area contributed by atoms with E-state index in [-0.39, 0.29) is 0 Å². The van der Waals surface area contributed by atoms with Crippen LogP contribution in [0, 0.1) is 0 Å². The fraction of sp³-hybridized carbons (Fsp3) is 0.429. The van der Waals surface area contributed by atoms with E-state index in [2.05, 4.69) is 23.5 Å². The Hall–Kier alpha value is -1.33. The quantitative estimate of drug-likeness (QED) is 0.721. The topological polar surface area (TPSA) is 58.2 Å². The first-order valence-electron chi connectivity index (χ1n) is 6.46. The van der Waals surface area contributed by atoms with Crippen LogP contribution in [0.15, 0.2) is 41.8 Å². The van der Waals surface area contributed by atoms with Gasteiger partial charge in [-0.15, -0.1) is 6.58 Å². The van der Waals surface area contributed by atoms with Crippen molar-refractivity contribution in [2.75, 3.05) is 11.9 Å². The average Bonchev–Trinajstić information content (AvgIpc) is 2.37. The predicted octanol–water partition coefficient (Wildman–Crippen LogP) is 2.75. The first-order chi connectivity index (χ1) is 8.99. The fourth-order valence-corrected chi connectivity index (χ4v) is 2.77. The van der Waals surface area contributed by atoms with Crippen LogP contribution in [-0.2, 0) is 10.0 Å². The molecule has 0 bridgehead atoms. The van der Waals surface area contributed by atoms with Gasteiger partial charge in [-0.1, -0.05) is 13.0 Å². The Morgan fingerprint density at radius 2 is 1.95 bits per heavy atom. The largest absolute Gasteiger partial charge is 0.383 e. The summed E-state index contributed by atoms with van der Waals surface area (Å²) in [6.45, 7) is 7.93. The van der Waals surface area contributed by atoms with E-state index in [1.54, 1.807) is 31.2 Å². The standard InChI is InChI=1S/C14H22N2O2S/c1-4-6-7-12(3)16-13-8-10-14(11-9-13)19(17,18)15-5-2/h4,8-12,15-16H,1,5-7H2,2-3H3. The molecular formula is C14H22N2O2S. The predicted molar refractivity (Wildman–Crippen MR) is 79.8 cm³/mol. The summed E-state index contributed by atoms with van der Waals surface area (Å²) in [4.78, 5) is 0.290. The van der Waals surface area contributed by atoms with Gasteiger partial charge in [-0.05, 0) is 44.0 Å². The van der Waals surface area contributed by atoms with Gasteiger partial charge >= 0.3 is 0 Å². The van der Waals surface area contributed by atoms with Gasteiger partial charge in [0.15, 0.2) is 0 Å².